The maximum atomic E-state index is 6.13. The molecule has 2 fully saturated rings. The first-order valence-corrected chi connectivity index (χ1v) is 8.53. The number of hydrogen-bond acceptors (Lipinski definition) is 7. The fourth-order valence-corrected chi connectivity index (χ4v) is 3.77. The zero-order chi connectivity index (χ0) is 15.5. The van der Waals surface area contributed by atoms with Gasteiger partial charge in [0.1, 0.15) is 24.1 Å². The quantitative estimate of drug-likeness (QED) is 0.581. The summed E-state index contributed by atoms with van der Waals surface area (Å²) in [7, 11) is 0. The highest BCUT2D eigenvalue weighted by molar-refractivity contribution is 14.1. The van der Waals surface area contributed by atoms with Crippen molar-refractivity contribution in [3.63, 3.8) is 0 Å². The number of anilines is 1. The fraction of sp³-hybridized carbons (Fsp3) is 0.615. The predicted molar refractivity (Wildman–Crippen MR) is 86.4 cm³/mol. The number of halogens is 1. The Bertz CT molecular complexity index is 721. The van der Waals surface area contributed by atoms with E-state index in [1.165, 1.54) is 6.33 Å². The first-order valence-electron chi connectivity index (χ1n) is 7.00. The van der Waals surface area contributed by atoms with Crippen LogP contribution in [0.5, 0.6) is 0 Å². The standard InChI is InChI=1S/C13H16IN5O3/c1-13(2)21-8-6(3-14)20-12(9(8)22-13)19-5-18-7-10(15)16-4-17-11(7)19/h4-6,8-9,12H,3H2,1-2H3,(H2,15,16,17)/t6-,8-,9-,12-/m1/s1. The third kappa shape index (κ3) is 2.10. The maximum Gasteiger partial charge on any atom is 0.167 e. The molecule has 0 radical (unpaired) electrons. The van der Waals surface area contributed by atoms with Crippen LogP contribution in [-0.4, -0.2) is 48.0 Å². The molecule has 2 aromatic rings. The molecule has 0 bridgehead atoms. The Balaban J connectivity index is 1.77. The van der Waals surface area contributed by atoms with E-state index in [0.29, 0.717) is 17.0 Å². The van der Waals surface area contributed by atoms with Crippen molar-refractivity contribution in [1.29, 1.82) is 0 Å². The molecule has 22 heavy (non-hydrogen) atoms. The molecule has 2 aliphatic rings. The van der Waals surface area contributed by atoms with Gasteiger partial charge in [-0.1, -0.05) is 22.6 Å². The number of hydrogen-bond donors (Lipinski definition) is 1. The normalized spacial score (nSPS) is 33.4. The summed E-state index contributed by atoms with van der Waals surface area (Å²) >= 11 is 2.30. The van der Waals surface area contributed by atoms with Crippen LogP contribution in [0.2, 0.25) is 0 Å². The maximum absolute atomic E-state index is 6.13. The third-order valence-corrected chi connectivity index (χ3v) is 4.81. The van der Waals surface area contributed by atoms with Gasteiger partial charge in [-0.25, -0.2) is 15.0 Å². The highest BCUT2D eigenvalue weighted by Gasteiger charge is 2.55. The van der Waals surface area contributed by atoms with Crippen LogP contribution in [0, 0.1) is 0 Å². The average Bonchev–Trinajstić information content (AvgIpc) is 3.10. The van der Waals surface area contributed by atoms with Gasteiger partial charge < -0.3 is 19.9 Å². The van der Waals surface area contributed by atoms with E-state index in [2.05, 4.69) is 37.5 Å². The Morgan fingerprint density at radius 3 is 2.82 bits per heavy atom. The van der Waals surface area contributed by atoms with Crippen molar-refractivity contribution < 1.29 is 14.2 Å². The number of rotatable bonds is 2. The van der Waals surface area contributed by atoms with Crippen LogP contribution in [0.15, 0.2) is 12.7 Å². The van der Waals surface area contributed by atoms with E-state index in [1.807, 2.05) is 18.4 Å². The molecular weight excluding hydrogens is 401 g/mol. The largest absolute Gasteiger partial charge is 0.382 e. The number of nitrogen functional groups attached to an aromatic ring is 1. The fourth-order valence-electron chi connectivity index (χ4n) is 3.06. The van der Waals surface area contributed by atoms with Crippen LogP contribution in [0.3, 0.4) is 0 Å². The van der Waals surface area contributed by atoms with Crippen molar-refractivity contribution in [1.82, 2.24) is 19.5 Å². The Labute approximate surface area is 140 Å². The van der Waals surface area contributed by atoms with Gasteiger partial charge in [0.05, 0.1) is 12.4 Å². The van der Waals surface area contributed by atoms with Crippen molar-refractivity contribution in [3.05, 3.63) is 12.7 Å². The van der Waals surface area contributed by atoms with Crippen LogP contribution in [0.1, 0.15) is 20.1 Å². The highest BCUT2D eigenvalue weighted by atomic mass is 127. The molecule has 8 nitrogen and oxygen atoms in total. The van der Waals surface area contributed by atoms with Gasteiger partial charge in [0, 0.05) is 4.43 Å². The summed E-state index contributed by atoms with van der Waals surface area (Å²) in [6.07, 6.45) is 2.41. The molecule has 0 saturated carbocycles. The molecule has 2 N–H and O–H groups in total. The van der Waals surface area contributed by atoms with Gasteiger partial charge >= 0.3 is 0 Å². The van der Waals surface area contributed by atoms with Gasteiger partial charge in [0.15, 0.2) is 23.5 Å². The Morgan fingerprint density at radius 1 is 1.27 bits per heavy atom. The molecule has 118 valence electrons. The lowest BCUT2D eigenvalue weighted by Gasteiger charge is -2.24. The van der Waals surface area contributed by atoms with Crippen molar-refractivity contribution in [2.75, 3.05) is 10.2 Å². The number of nitrogens with two attached hydrogens (primary N) is 1. The van der Waals surface area contributed by atoms with Crippen LogP contribution >= 0.6 is 22.6 Å². The molecular formula is C13H16IN5O3. The van der Waals surface area contributed by atoms with Crippen molar-refractivity contribution in [2.45, 2.75) is 44.2 Å². The van der Waals surface area contributed by atoms with Crippen molar-refractivity contribution in [2.24, 2.45) is 0 Å². The SMILES string of the molecule is CC1(C)O[C@@H]2[C@H](O1)[C@@H](CI)O[C@H]2n1cnc2c(N)ncnc21. The van der Waals surface area contributed by atoms with Crippen LogP contribution in [0.4, 0.5) is 5.82 Å². The molecule has 9 heteroatoms. The second kappa shape index (κ2) is 4.98. The van der Waals surface area contributed by atoms with Crippen LogP contribution in [-0.2, 0) is 14.2 Å². The van der Waals surface area contributed by atoms with Crippen LogP contribution in [0.25, 0.3) is 11.2 Å². The topological polar surface area (TPSA) is 97.3 Å². The number of ether oxygens (including phenoxy) is 3. The van der Waals surface area contributed by atoms with Crippen molar-refractivity contribution >= 4 is 39.6 Å². The molecule has 4 heterocycles. The third-order valence-electron chi connectivity index (χ3n) is 3.94. The van der Waals surface area contributed by atoms with E-state index < -0.39 is 5.79 Å². The number of imidazole rings is 1. The zero-order valence-corrected chi connectivity index (χ0v) is 14.3. The molecule has 2 aliphatic heterocycles. The van der Waals surface area contributed by atoms with Gasteiger partial charge in [-0.3, -0.25) is 4.57 Å². The molecule has 4 atom stereocenters. The Morgan fingerprint density at radius 2 is 2.05 bits per heavy atom. The minimum absolute atomic E-state index is 0.0333. The number of alkyl halides is 1. The summed E-state index contributed by atoms with van der Waals surface area (Å²) in [5.41, 5.74) is 7.05. The molecule has 0 spiro atoms. The van der Waals surface area contributed by atoms with Gasteiger partial charge in [0.25, 0.3) is 0 Å². The van der Waals surface area contributed by atoms with E-state index in [9.17, 15) is 0 Å². The highest BCUT2D eigenvalue weighted by Crippen LogP contribution is 2.44. The van der Waals surface area contributed by atoms with Crippen LogP contribution < -0.4 is 5.73 Å². The summed E-state index contributed by atoms with van der Waals surface area (Å²) in [5, 5.41) is 0. The monoisotopic (exact) mass is 417 g/mol. The lowest BCUT2D eigenvalue weighted by molar-refractivity contribution is -0.193. The van der Waals surface area contributed by atoms with E-state index in [4.69, 9.17) is 19.9 Å². The summed E-state index contributed by atoms with van der Waals surface area (Å²) in [6, 6.07) is 0. The minimum atomic E-state index is -0.619. The molecule has 0 amide bonds. The number of aromatic nitrogens is 4. The van der Waals surface area contributed by atoms with E-state index >= 15 is 0 Å². The number of fused-ring (bicyclic) bond motifs is 2. The second-order valence-corrected chi connectivity index (χ2v) is 6.75. The minimum Gasteiger partial charge on any atom is -0.382 e. The second-order valence-electron chi connectivity index (χ2n) is 5.87. The van der Waals surface area contributed by atoms with Gasteiger partial charge in [-0.05, 0) is 13.8 Å². The van der Waals surface area contributed by atoms with Gasteiger partial charge in [-0.2, -0.15) is 0 Å². The summed E-state index contributed by atoms with van der Waals surface area (Å²) in [4.78, 5) is 12.5. The zero-order valence-electron chi connectivity index (χ0n) is 12.1. The van der Waals surface area contributed by atoms with Crippen molar-refractivity contribution in [3.8, 4) is 0 Å². The predicted octanol–water partition coefficient (Wildman–Crippen LogP) is 1.26. The Kier molecular flexibility index (Phi) is 3.29. The molecule has 4 rings (SSSR count). The lowest BCUT2D eigenvalue weighted by atomic mass is 10.1. The molecule has 0 unspecified atom stereocenters. The lowest BCUT2D eigenvalue weighted by Crippen LogP contribution is -2.30. The molecule has 0 aromatic carbocycles. The first-order chi connectivity index (χ1) is 10.5. The number of nitrogens with zero attached hydrogens (tertiary/aromatic N) is 4. The summed E-state index contributed by atoms with van der Waals surface area (Å²) in [6.45, 7) is 3.83. The van der Waals surface area contributed by atoms with Gasteiger partial charge in [0.2, 0.25) is 0 Å². The summed E-state index contributed by atoms with van der Waals surface area (Å²) in [5.74, 6) is -0.265. The van der Waals surface area contributed by atoms with E-state index in [0.717, 1.165) is 4.43 Å². The van der Waals surface area contributed by atoms with E-state index in [-0.39, 0.29) is 24.5 Å². The molecule has 0 aliphatic carbocycles. The Hall–Kier alpha value is -1.04. The summed E-state index contributed by atoms with van der Waals surface area (Å²) < 4.78 is 20.8. The smallest absolute Gasteiger partial charge is 0.167 e. The van der Waals surface area contributed by atoms with Gasteiger partial charge in [-0.15, -0.1) is 0 Å². The molecule has 2 saturated heterocycles. The average molecular weight is 417 g/mol. The first kappa shape index (κ1) is 14.5. The molecule has 2 aromatic heterocycles. The van der Waals surface area contributed by atoms with E-state index in [1.54, 1.807) is 6.33 Å².